The number of nitrogens with zero attached hydrogens (tertiary/aromatic N) is 2. The largest absolute Gasteiger partial charge is 0.482 e. The average molecular weight is 250 g/mol. The van der Waals surface area contributed by atoms with Gasteiger partial charge in [0.15, 0.2) is 6.61 Å². The zero-order chi connectivity index (χ0) is 13.0. The first-order valence-electron chi connectivity index (χ1n) is 5.77. The maximum Gasteiger partial charge on any atom is 0.354 e. The molecular formula is C12H14N2O4. The van der Waals surface area contributed by atoms with Crippen molar-refractivity contribution in [2.24, 2.45) is 0 Å². The third-order valence-electron chi connectivity index (χ3n) is 2.78. The topological polar surface area (TPSA) is 79.7 Å². The van der Waals surface area contributed by atoms with Gasteiger partial charge >= 0.3 is 5.97 Å². The van der Waals surface area contributed by atoms with E-state index in [0.29, 0.717) is 5.75 Å². The van der Waals surface area contributed by atoms with Gasteiger partial charge in [0, 0.05) is 13.1 Å². The SMILES string of the molecule is O=C(O)c1ccc(OCC(=O)N2CCCC2)cn1. The molecule has 1 aliphatic rings. The van der Waals surface area contributed by atoms with Gasteiger partial charge in [0.1, 0.15) is 11.4 Å². The van der Waals surface area contributed by atoms with Gasteiger partial charge in [-0.1, -0.05) is 0 Å². The monoisotopic (exact) mass is 250 g/mol. The molecule has 0 saturated carbocycles. The van der Waals surface area contributed by atoms with E-state index < -0.39 is 5.97 Å². The Labute approximate surface area is 104 Å². The lowest BCUT2D eigenvalue weighted by molar-refractivity contribution is -0.132. The molecule has 1 aliphatic heterocycles. The van der Waals surface area contributed by atoms with Crippen LogP contribution in [0.15, 0.2) is 18.3 Å². The van der Waals surface area contributed by atoms with Crippen molar-refractivity contribution in [1.82, 2.24) is 9.88 Å². The molecule has 1 aromatic rings. The Balaban J connectivity index is 1.86. The number of hydrogen-bond acceptors (Lipinski definition) is 4. The van der Waals surface area contributed by atoms with Gasteiger partial charge in [-0.2, -0.15) is 0 Å². The summed E-state index contributed by atoms with van der Waals surface area (Å²) >= 11 is 0. The standard InChI is InChI=1S/C12H14N2O4/c15-11(14-5-1-2-6-14)8-18-9-3-4-10(12(16)17)13-7-9/h3-4,7H,1-2,5-6,8H2,(H,16,17). The summed E-state index contributed by atoms with van der Waals surface area (Å²) in [4.78, 5) is 27.7. The fourth-order valence-electron chi connectivity index (χ4n) is 1.80. The fraction of sp³-hybridized carbons (Fsp3) is 0.417. The highest BCUT2D eigenvalue weighted by atomic mass is 16.5. The second-order valence-corrected chi connectivity index (χ2v) is 4.06. The number of likely N-dealkylation sites (tertiary alicyclic amines) is 1. The van der Waals surface area contributed by atoms with Crippen LogP contribution in [0.1, 0.15) is 23.3 Å². The molecule has 0 atom stereocenters. The zero-order valence-corrected chi connectivity index (χ0v) is 9.83. The predicted molar refractivity (Wildman–Crippen MR) is 62.5 cm³/mol. The van der Waals surface area contributed by atoms with E-state index in [1.807, 2.05) is 0 Å². The average Bonchev–Trinajstić information content (AvgIpc) is 2.90. The molecule has 0 aromatic carbocycles. The molecule has 18 heavy (non-hydrogen) atoms. The number of carboxylic acids is 1. The first-order valence-corrected chi connectivity index (χ1v) is 5.77. The van der Waals surface area contributed by atoms with E-state index in [9.17, 15) is 9.59 Å². The minimum Gasteiger partial charge on any atom is -0.482 e. The number of carboxylic acid groups (broad SMARTS) is 1. The van der Waals surface area contributed by atoms with Crippen molar-refractivity contribution in [3.63, 3.8) is 0 Å². The van der Waals surface area contributed by atoms with Gasteiger partial charge in [0.05, 0.1) is 6.20 Å². The summed E-state index contributed by atoms with van der Waals surface area (Å²) in [5.74, 6) is -0.739. The van der Waals surface area contributed by atoms with Crippen LogP contribution in [0, 0.1) is 0 Å². The van der Waals surface area contributed by atoms with Crippen LogP contribution in [0.4, 0.5) is 0 Å². The van der Waals surface area contributed by atoms with Crippen molar-refractivity contribution >= 4 is 11.9 Å². The number of ether oxygens (including phenoxy) is 1. The molecule has 0 unspecified atom stereocenters. The Morgan fingerprint density at radius 2 is 2.06 bits per heavy atom. The first-order chi connectivity index (χ1) is 8.66. The molecule has 1 fully saturated rings. The summed E-state index contributed by atoms with van der Waals surface area (Å²) < 4.78 is 5.27. The Kier molecular flexibility index (Phi) is 3.76. The van der Waals surface area contributed by atoms with Crippen LogP contribution in [0.25, 0.3) is 0 Å². The number of rotatable bonds is 4. The van der Waals surface area contributed by atoms with Crippen LogP contribution in [0.5, 0.6) is 5.75 Å². The van der Waals surface area contributed by atoms with Crippen LogP contribution in [-0.4, -0.2) is 46.6 Å². The molecule has 2 heterocycles. The maximum absolute atomic E-state index is 11.7. The highest BCUT2D eigenvalue weighted by molar-refractivity contribution is 5.85. The van der Waals surface area contributed by atoms with Gasteiger partial charge in [-0.25, -0.2) is 9.78 Å². The Bertz CT molecular complexity index is 438. The molecular weight excluding hydrogens is 236 g/mol. The third kappa shape index (κ3) is 2.97. The van der Waals surface area contributed by atoms with E-state index in [4.69, 9.17) is 9.84 Å². The second-order valence-electron chi connectivity index (χ2n) is 4.06. The van der Waals surface area contributed by atoms with Gasteiger partial charge in [-0.15, -0.1) is 0 Å². The molecule has 0 spiro atoms. The van der Waals surface area contributed by atoms with Crippen LogP contribution in [-0.2, 0) is 4.79 Å². The number of amides is 1. The molecule has 1 aromatic heterocycles. The van der Waals surface area contributed by atoms with Crippen molar-refractivity contribution in [1.29, 1.82) is 0 Å². The van der Waals surface area contributed by atoms with E-state index in [-0.39, 0.29) is 18.2 Å². The van der Waals surface area contributed by atoms with Crippen LogP contribution in [0.2, 0.25) is 0 Å². The fourth-order valence-corrected chi connectivity index (χ4v) is 1.80. The Hall–Kier alpha value is -2.11. The number of pyridine rings is 1. The molecule has 6 heteroatoms. The minimum atomic E-state index is -1.09. The minimum absolute atomic E-state index is 0.0336. The molecule has 0 radical (unpaired) electrons. The number of aromatic carboxylic acids is 1. The summed E-state index contributed by atoms with van der Waals surface area (Å²) in [6, 6.07) is 2.84. The van der Waals surface area contributed by atoms with Crippen molar-refractivity contribution in [3.05, 3.63) is 24.0 Å². The molecule has 0 aliphatic carbocycles. The third-order valence-corrected chi connectivity index (χ3v) is 2.78. The summed E-state index contributed by atoms with van der Waals surface area (Å²) in [5, 5.41) is 8.67. The lowest BCUT2D eigenvalue weighted by atomic mass is 10.3. The van der Waals surface area contributed by atoms with Crippen molar-refractivity contribution < 1.29 is 19.4 Å². The van der Waals surface area contributed by atoms with E-state index in [0.717, 1.165) is 25.9 Å². The van der Waals surface area contributed by atoms with Crippen molar-refractivity contribution in [3.8, 4) is 5.75 Å². The molecule has 96 valence electrons. The normalized spacial score (nSPS) is 14.6. The predicted octanol–water partition coefficient (Wildman–Crippen LogP) is 0.781. The molecule has 1 N–H and O–H groups in total. The molecule has 2 rings (SSSR count). The lowest BCUT2D eigenvalue weighted by Crippen LogP contribution is -2.32. The summed E-state index contributed by atoms with van der Waals surface area (Å²) in [6.07, 6.45) is 3.39. The highest BCUT2D eigenvalue weighted by Gasteiger charge is 2.18. The molecule has 1 saturated heterocycles. The van der Waals surface area contributed by atoms with E-state index in [1.165, 1.54) is 18.3 Å². The van der Waals surface area contributed by atoms with Gasteiger partial charge < -0.3 is 14.7 Å². The first kappa shape index (κ1) is 12.3. The van der Waals surface area contributed by atoms with Gasteiger partial charge in [0.2, 0.25) is 0 Å². The quantitative estimate of drug-likeness (QED) is 0.854. The van der Waals surface area contributed by atoms with E-state index in [2.05, 4.69) is 4.98 Å². The van der Waals surface area contributed by atoms with Crippen LogP contribution in [0.3, 0.4) is 0 Å². The zero-order valence-electron chi connectivity index (χ0n) is 9.83. The van der Waals surface area contributed by atoms with Gasteiger partial charge in [-0.05, 0) is 25.0 Å². The number of carbonyl (C=O) groups is 2. The van der Waals surface area contributed by atoms with Crippen LogP contribution >= 0.6 is 0 Å². The van der Waals surface area contributed by atoms with E-state index >= 15 is 0 Å². The number of hydrogen-bond donors (Lipinski definition) is 1. The Morgan fingerprint density at radius 3 is 2.61 bits per heavy atom. The summed E-state index contributed by atoms with van der Waals surface area (Å²) in [6.45, 7) is 1.55. The molecule has 1 amide bonds. The second kappa shape index (κ2) is 5.48. The van der Waals surface area contributed by atoms with E-state index in [1.54, 1.807) is 4.90 Å². The van der Waals surface area contributed by atoms with Crippen LogP contribution < -0.4 is 4.74 Å². The lowest BCUT2D eigenvalue weighted by Gasteiger charge is -2.15. The van der Waals surface area contributed by atoms with Crippen molar-refractivity contribution in [2.75, 3.05) is 19.7 Å². The maximum atomic E-state index is 11.7. The number of aromatic nitrogens is 1. The van der Waals surface area contributed by atoms with Crippen molar-refractivity contribution in [2.45, 2.75) is 12.8 Å². The Morgan fingerprint density at radius 1 is 1.33 bits per heavy atom. The summed E-state index contributed by atoms with van der Waals surface area (Å²) in [7, 11) is 0. The summed E-state index contributed by atoms with van der Waals surface area (Å²) in [5.41, 5.74) is -0.0479. The van der Waals surface area contributed by atoms with Gasteiger partial charge in [0.25, 0.3) is 5.91 Å². The van der Waals surface area contributed by atoms with Gasteiger partial charge in [-0.3, -0.25) is 4.79 Å². The smallest absolute Gasteiger partial charge is 0.354 e. The molecule has 6 nitrogen and oxygen atoms in total. The number of carbonyl (C=O) groups excluding carboxylic acids is 1. The molecule has 0 bridgehead atoms. The highest BCUT2D eigenvalue weighted by Crippen LogP contribution is 2.11.